The van der Waals surface area contributed by atoms with E-state index in [2.05, 4.69) is 20.6 Å². The first-order valence-electron chi connectivity index (χ1n) is 7.97. The van der Waals surface area contributed by atoms with E-state index < -0.39 is 6.03 Å². The Kier molecular flexibility index (Phi) is 4.63. The number of urea groups is 1. The molecule has 0 bridgehead atoms. The van der Waals surface area contributed by atoms with Crippen LogP contribution in [0.15, 0.2) is 66.3 Å². The van der Waals surface area contributed by atoms with E-state index in [1.807, 2.05) is 11.4 Å². The number of anilines is 2. The molecule has 2 amide bonds. The molecule has 0 aliphatic heterocycles. The van der Waals surface area contributed by atoms with E-state index in [4.69, 9.17) is 4.74 Å². The maximum absolute atomic E-state index is 12.9. The lowest BCUT2D eigenvalue weighted by molar-refractivity contribution is 0.262. The summed E-state index contributed by atoms with van der Waals surface area (Å²) < 4.78 is 18.7. The second-order valence-corrected chi connectivity index (χ2v) is 6.43. The third kappa shape index (κ3) is 4.01. The predicted molar refractivity (Wildman–Crippen MR) is 103 cm³/mol. The number of aromatic nitrogens is 2. The summed E-state index contributed by atoms with van der Waals surface area (Å²) in [6, 6.07) is 13.9. The van der Waals surface area contributed by atoms with Crippen LogP contribution < -0.4 is 15.4 Å². The fraction of sp³-hybridized carbons (Fsp3) is 0. The fourth-order valence-corrected chi connectivity index (χ4v) is 3.12. The molecular formula is C19H13FN4O2S. The number of carbonyl (C=O) groups is 1. The highest BCUT2D eigenvalue weighted by molar-refractivity contribution is 7.16. The molecule has 134 valence electrons. The number of nitrogens with zero attached hydrogens (tertiary/aromatic N) is 2. The molecule has 0 saturated carbocycles. The van der Waals surface area contributed by atoms with E-state index in [1.54, 1.807) is 24.3 Å². The Labute approximate surface area is 157 Å². The van der Waals surface area contributed by atoms with Gasteiger partial charge in [0.2, 0.25) is 5.88 Å². The van der Waals surface area contributed by atoms with E-state index >= 15 is 0 Å². The van der Waals surface area contributed by atoms with E-state index in [9.17, 15) is 9.18 Å². The second-order valence-electron chi connectivity index (χ2n) is 5.53. The summed E-state index contributed by atoms with van der Waals surface area (Å²) in [4.78, 5) is 21.2. The topological polar surface area (TPSA) is 76.1 Å². The van der Waals surface area contributed by atoms with Gasteiger partial charge in [-0.15, -0.1) is 11.3 Å². The highest BCUT2D eigenvalue weighted by Crippen LogP contribution is 2.29. The molecule has 2 heterocycles. The first-order valence-corrected chi connectivity index (χ1v) is 8.85. The van der Waals surface area contributed by atoms with Crippen LogP contribution in [-0.2, 0) is 0 Å². The van der Waals surface area contributed by atoms with Crippen LogP contribution in [0.2, 0.25) is 0 Å². The minimum atomic E-state index is -0.425. The molecular weight excluding hydrogens is 367 g/mol. The van der Waals surface area contributed by atoms with Crippen LogP contribution in [0.4, 0.5) is 20.6 Å². The number of amides is 2. The van der Waals surface area contributed by atoms with Gasteiger partial charge in [0.25, 0.3) is 0 Å². The first kappa shape index (κ1) is 16.9. The van der Waals surface area contributed by atoms with Crippen molar-refractivity contribution in [3.05, 3.63) is 72.1 Å². The number of hydrogen-bond donors (Lipinski definition) is 2. The standard InChI is InChI=1S/C19H13FN4O2S/c20-12-1-3-13(4-2-12)23-19(25)24-14-5-7-15(8-6-14)26-17-16-9-10-27-18(16)22-11-21-17/h1-11H,(H2,23,24,25). The Morgan fingerprint density at radius 2 is 1.59 bits per heavy atom. The van der Waals surface area contributed by atoms with Crippen LogP contribution in [0.3, 0.4) is 0 Å². The van der Waals surface area contributed by atoms with Crippen molar-refractivity contribution in [2.75, 3.05) is 10.6 Å². The van der Waals surface area contributed by atoms with Crippen LogP contribution in [0, 0.1) is 5.82 Å². The van der Waals surface area contributed by atoms with Gasteiger partial charge in [-0.05, 0) is 60.0 Å². The average molecular weight is 380 g/mol. The van der Waals surface area contributed by atoms with Crippen molar-refractivity contribution in [2.45, 2.75) is 0 Å². The number of halogens is 1. The molecule has 2 aromatic carbocycles. The molecule has 8 heteroatoms. The van der Waals surface area contributed by atoms with Gasteiger partial charge in [0.05, 0.1) is 5.39 Å². The predicted octanol–water partition coefficient (Wildman–Crippen LogP) is 5.27. The van der Waals surface area contributed by atoms with Crippen molar-refractivity contribution < 1.29 is 13.9 Å². The maximum atomic E-state index is 12.9. The minimum Gasteiger partial charge on any atom is -0.438 e. The van der Waals surface area contributed by atoms with Crippen molar-refractivity contribution in [1.29, 1.82) is 0 Å². The Morgan fingerprint density at radius 3 is 2.30 bits per heavy atom. The van der Waals surface area contributed by atoms with Gasteiger partial charge in [0.15, 0.2) is 0 Å². The van der Waals surface area contributed by atoms with E-state index in [-0.39, 0.29) is 5.82 Å². The molecule has 6 nitrogen and oxygen atoms in total. The Hall–Kier alpha value is -3.52. The number of ether oxygens (including phenoxy) is 1. The fourth-order valence-electron chi connectivity index (χ4n) is 2.39. The third-order valence-corrected chi connectivity index (χ3v) is 4.47. The number of rotatable bonds is 4. The third-order valence-electron chi connectivity index (χ3n) is 3.65. The number of carbonyl (C=O) groups excluding carboxylic acids is 1. The lowest BCUT2D eigenvalue weighted by Gasteiger charge is -2.09. The largest absolute Gasteiger partial charge is 0.438 e. The summed E-state index contributed by atoms with van der Waals surface area (Å²) in [5, 5.41) is 8.10. The normalized spacial score (nSPS) is 10.6. The summed E-state index contributed by atoms with van der Waals surface area (Å²) in [5.41, 5.74) is 1.09. The number of nitrogens with one attached hydrogen (secondary N) is 2. The van der Waals surface area contributed by atoms with Crippen LogP contribution in [0.25, 0.3) is 10.2 Å². The summed E-state index contributed by atoms with van der Waals surface area (Å²) in [7, 11) is 0. The smallest absolute Gasteiger partial charge is 0.323 e. The molecule has 4 rings (SSSR count). The van der Waals surface area contributed by atoms with Crippen molar-refractivity contribution in [2.24, 2.45) is 0 Å². The van der Waals surface area contributed by atoms with Gasteiger partial charge in [-0.3, -0.25) is 0 Å². The molecule has 0 radical (unpaired) electrons. The Balaban J connectivity index is 1.40. The number of thiophene rings is 1. The summed E-state index contributed by atoms with van der Waals surface area (Å²) in [6.07, 6.45) is 1.46. The van der Waals surface area contributed by atoms with Crippen LogP contribution in [-0.4, -0.2) is 16.0 Å². The molecule has 4 aromatic rings. The highest BCUT2D eigenvalue weighted by atomic mass is 32.1. The summed E-state index contributed by atoms with van der Waals surface area (Å²) in [5.74, 6) is 0.710. The molecule has 2 aromatic heterocycles. The highest BCUT2D eigenvalue weighted by Gasteiger charge is 2.08. The molecule has 0 unspecified atom stereocenters. The molecule has 2 N–H and O–H groups in total. The van der Waals surface area contributed by atoms with Crippen molar-refractivity contribution in [1.82, 2.24) is 9.97 Å². The summed E-state index contributed by atoms with van der Waals surface area (Å²) in [6.45, 7) is 0. The van der Waals surface area contributed by atoms with Crippen LogP contribution in [0.1, 0.15) is 0 Å². The Bertz CT molecular complexity index is 1080. The van der Waals surface area contributed by atoms with Gasteiger partial charge in [0.1, 0.15) is 22.7 Å². The number of fused-ring (bicyclic) bond motifs is 1. The second kappa shape index (κ2) is 7.38. The van der Waals surface area contributed by atoms with Gasteiger partial charge in [0, 0.05) is 11.4 Å². The number of benzene rings is 2. The zero-order valence-corrected chi connectivity index (χ0v) is 14.7. The van der Waals surface area contributed by atoms with Gasteiger partial charge in [-0.1, -0.05) is 0 Å². The maximum Gasteiger partial charge on any atom is 0.323 e. The molecule has 0 spiro atoms. The van der Waals surface area contributed by atoms with Crippen LogP contribution >= 0.6 is 11.3 Å². The van der Waals surface area contributed by atoms with Crippen molar-refractivity contribution in [3.8, 4) is 11.6 Å². The lowest BCUT2D eigenvalue weighted by atomic mass is 10.3. The van der Waals surface area contributed by atoms with Crippen molar-refractivity contribution in [3.63, 3.8) is 0 Å². The monoisotopic (exact) mass is 380 g/mol. The molecule has 0 saturated heterocycles. The van der Waals surface area contributed by atoms with Gasteiger partial charge < -0.3 is 15.4 Å². The van der Waals surface area contributed by atoms with Gasteiger partial charge >= 0.3 is 6.03 Å². The van der Waals surface area contributed by atoms with Crippen molar-refractivity contribution >= 4 is 39.0 Å². The average Bonchev–Trinajstić information content (AvgIpc) is 3.15. The van der Waals surface area contributed by atoms with Gasteiger partial charge in [-0.2, -0.15) is 0 Å². The summed E-state index contributed by atoms with van der Waals surface area (Å²) >= 11 is 1.52. The zero-order valence-electron chi connectivity index (χ0n) is 13.8. The molecule has 0 aliphatic carbocycles. The molecule has 0 aliphatic rings. The van der Waals surface area contributed by atoms with E-state index in [1.165, 1.54) is 41.9 Å². The Morgan fingerprint density at radius 1 is 0.926 bits per heavy atom. The molecule has 0 fully saturated rings. The van der Waals surface area contributed by atoms with Gasteiger partial charge in [-0.25, -0.2) is 19.2 Å². The number of hydrogen-bond acceptors (Lipinski definition) is 5. The lowest BCUT2D eigenvalue weighted by Crippen LogP contribution is -2.19. The molecule has 27 heavy (non-hydrogen) atoms. The van der Waals surface area contributed by atoms with Crippen LogP contribution in [0.5, 0.6) is 11.6 Å². The zero-order chi connectivity index (χ0) is 18.6. The minimum absolute atomic E-state index is 0.361. The van der Waals surface area contributed by atoms with E-state index in [0.717, 1.165) is 10.2 Å². The SMILES string of the molecule is O=C(Nc1ccc(F)cc1)Nc1ccc(Oc2ncnc3sccc23)cc1. The van der Waals surface area contributed by atoms with E-state index in [0.29, 0.717) is 23.0 Å². The first-order chi connectivity index (χ1) is 13.2. The quantitative estimate of drug-likeness (QED) is 0.506. The molecule has 0 atom stereocenters.